The molecule has 4 heteroatoms. The Kier molecular flexibility index (Phi) is 3.87. The quantitative estimate of drug-likeness (QED) is 0.812. The van der Waals surface area contributed by atoms with Gasteiger partial charge in [-0.1, -0.05) is 13.8 Å². The Morgan fingerprint density at radius 3 is 2.53 bits per heavy atom. The molecule has 0 aromatic carbocycles. The normalized spacial score (nSPS) is 36.2. The molecule has 2 aliphatic heterocycles. The molecule has 1 N–H and O–H groups in total. The first kappa shape index (κ1) is 13.8. The van der Waals surface area contributed by atoms with E-state index < -0.39 is 0 Å². The van der Waals surface area contributed by atoms with Crippen LogP contribution < -0.4 is 0 Å². The van der Waals surface area contributed by atoms with Crippen LogP contribution in [-0.2, 0) is 9.47 Å². The molecule has 0 aromatic heterocycles. The van der Waals surface area contributed by atoms with Crippen LogP contribution in [0.15, 0.2) is 0 Å². The highest BCUT2D eigenvalue weighted by Crippen LogP contribution is 2.61. The molecule has 1 aliphatic carbocycles. The van der Waals surface area contributed by atoms with Crippen molar-refractivity contribution in [3.63, 3.8) is 0 Å². The van der Waals surface area contributed by atoms with Gasteiger partial charge in [-0.25, -0.2) is 0 Å². The van der Waals surface area contributed by atoms with Crippen LogP contribution >= 0.6 is 0 Å². The number of fused-ring (bicyclic) bond motifs is 1. The molecule has 3 fully saturated rings. The number of ether oxygens (including phenoxy) is 2. The fourth-order valence-corrected chi connectivity index (χ4v) is 3.80. The first-order chi connectivity index (χ1) is 9.07. The lowest BCUT2D eigenvalue weighted by Crippen LogP contribution is -2.37. The number of rotatable bonds is 5. The van der Waals surface area contributed by atoms with Crippen molar-refractivity contribution >= 4 is 0 Å². The molecule has 2 heterocycles. The van der Waals surface area contributed by atoms with Crippen LogP contribution in [-0.4, -0.2) is 61.7 Å². The minimum atomic E-state index is -0.344. The molecule has 0 bridgehead atoms. The second-order valence-corrected chi connectivity index (χ2v) is 7.05. The van der Waals surface area contributed by atoms with Crippen molar-refractivity contribution in [2.24, 2.45) is 17.3 Å². The molecule has 0 amide bonds. The monoisotopic (exact) mass is 269 g/mol. The van der Waals surface area contributed by atoms with E-state index in [9.17, 15) is 5.11 Å². The maximum atomic E-state index is 10.1. The van der Waals surface area contributed by atoms with Crippen molar-refractivity contribution in [2.75, 3.05) is 39.5 Å². The van der Waals surface area contributed by atoms with Crippen LogP contribution in [0, 0.1) is 17.3 Å². The molecule has 1 saturated carbocycles. The summed E-state index contributed by atoms with van der Waals surface area (Å²) in [5.74, 6) is 1.72. The summed E-state index contributed by atoms with van der Waals surface area (Å²) in [6.07, 6.45) is 1.88. The van der Waals surface area contributed by atoms with Gasteiger partial charge in [-0.15, -0.1) is 0 Å². The van der Waals surface area contributed by atoms with Gasteiger partial charge in [0.05, 0.1) is 18.8 Å². The predicted octanol–water partition coefficient (Wildman–Crippen LogP) is 1.13. The van der Waals surface area contributed by atoms with Gasteiger partial charge in [-0.2, -0.15) is 0 Å². The summed E-state index contributed by atoms with van der Waals surface area (Å²) in [7, 11) is 0. The fraction of sp³-hybridized carbons (Fsp3) is 1.00. The third kappa shape index (κ3) is 2.97. The first-order valence-corrected chi connectivity index (χ1v) is 7.67. The Balaban J connectivity index is 1.33. The van der Waals surface area contributed by atoms with Crippen molar-refractivity contribution in [1.29, 1.82) is 0 Å². The van der Waals surface area contributed by atoms with Gasteiger partial charge in [-0.3, -0.25) is 0 Å². The molecule has 3 atom stereocenters. The van der Waals surface area contributed by atoms with E-state index in [1.54, 1.807) is 0 Å². The highest BCUT2D eigenvalue weighted by atomic mass is 16.5. The van der Waals surface area contributed by atoms with Crippen LogP contribution in [0.1, 0.15) is 26.7 Å². The summed E-state index contributed by atoms with van der Waals surface area (Å²) in [6.45, 7) is 9.88. The van der Waals surface area contributed by atoms with Gasteiger partial charge in [0.2, 0.25) is 0 Å². The second-order valence-electron chi connectivity index (χ2n) is 7.05. The molecule has 4 nitrogen and oxygen atoms in total. The van der Waals surface area contributed by atoms with Crippen molar-refractivity contribution < 1.29 is 14.6 Å². The van der Waals surface area contributed by atoms with Crippen LogP contribution in [0.25, 0.3) is 0 Å². The molecule has 0 radical (unpaired) electrons. The van der Waals surface area contributed by atoms with Gasteiger partial charge in [0, 0.05) is 32.8 Å². The lowest BCUT2D eigenvalue weighted by Gasteiger charge is -2.27. The number of likely N-dealkylation sites (tertiary alicyclic amines) is 1. The summed E-state index contributed by atoms with van der Waals surface area (Å²) in [5.41, 5.74) is 0.556. The molecule has 3 unspecified atom stereocenters. The summed E-state index contributed by atoms with van der Waals surface area (Å²) < 4.78 is 11.1. The van der Waals surface area contributed by atoms with E-state index in [0.717, 1.165) is 57.5 Å². The fourth-order valence-electron chi connectivity index (χ4n) is 3.80. The van der Waals surface area contributed by atoms with E-state index in [4.69, 9.17) is 9.47 Å². The van der Waals surface area contributed by atoms with Crippen molar-refractivity contribution in [2.45, 2.75) is 38.9 Å². The van der Waals surface area contributed by atoms with Crippen LogP contribution in [0.5, 0.6) is 0 Å². The summed E-state index contributed by atoms with van der Waals surface area (Å²) in [4.78, 5) is 2.40. The number of β-amino-alcohol motifs (C(OH)–C–C–N with tert-alkyl or cyclic N) is 1. The van der Waals surface area contributed by atoms with E-state index in [2.05, 4.69) is 18.7 Å². The highest BCUT2D eigenvalue weighted by molar-refractivity contribution is 5.11. The van der Waals surface area contributed by atoms with Crippen LogP contribution in [0.3, 0.4) is 0 Å². The Hall–Kier alpha value is -0.160. The number of piperidine rings is 1. The minimum Gasteiger partial charge on any atom is -0.389 e. The Morgan fingerprint density at radius 2 is 1.89 bits per heavy atom. The predicted molar refractivity (Wildman–Crippen MR) is 73.0 cm³/mol. The molecule has 110 valence electrons. The van der Waals surface area contributed by atoms with E-state index in [1.807, 2.05) is 0 Å². The lowest BCUT2D eigenvalue weighted by molar-refractivity contribution is -0.0639. The zero-order valence-electron chi connectivity index (χ0n) is 12.2. The molecule has 3 rings (SSSR count). The molecule has 19 heavy (non-hydrogen) atoms. The minimum absolute atomic E-state index is 0.286. The van der Waals surface area contributed by atoms with Crippen LogP contribution in [0.2, 0.25) is 0 Å². The van der Waals surface area contributed by atoms with Crippen molar-refractivity contribution in [3.05, 3.63) is 0 Å². The molecular weight excluding hydrogens is 242 g/mol. The third-order valence-corrected chi connectivity index (χ3v) is 5.36. The third-order valence-electron chi connectivity index (χ3n) is 5.36. The van der Waals surface area contributed by atoms with Gasteiger partial charge in [0.15, 0.2) is 0 Å². The van der Waals surface area contributed by atoms with Gasteiger partial charge in [-0.05, 0) is 30.1 Å². The lowest BCUT2D eigenvalue weighted by atomic mass is 10.1. The van der Waals surface area contributed by atoms with Gasteiger partial charge >= 0.3 is 0 Å². The van der Waals surface area contributed by atoms with Crippen molar-refractivity contribution in [3.8, 4) is 0 Å². The second kappa shape index (κ2) is 5.32. The molecule has 0 aromatic rings. The van der Waals surface area contributed by atoms with Gasteiger partial charge in [0.1, 0.15) is 0 Å². The van der Waals surface area contributed by atoms with E-state index in [0.29, 0.717) is 12.0 Å². The van der Waals surface area contributed by atoms with Crippen LogP contribution in [0.4, 0.5) is 0 Å². The van der Waals surface area contributed by atoms with E-state index >= 15 is 0 Å². The molecule has 0 spiro atoms. The number of aliphatic hydroxyl groups is 1. The largest absolute Gasteiger partial charge is 0.389 e. The maximum Gasteiger partial charge on any atom is 0.0900 e. The van der Waals surface area contributed by atoms with Gasteiger partial charge < -0.3 is 19.5 Å². The Labute approximate surface area is 116 Å². The summed E-state index contributed by atoms with van der Waals surface area (Å²) in [6, 6.07) is 0. The van der Waals surface area contributed by atoms with E-state index in [1.165, 1.54) is 0 Å². The average molecular weight is 269 g/mol. The Morgan fingerprint density at radius 1 is 1.26 bits per heavy atom. The topological polar surface area (TPSA) is 41.9 Å². The molecule has 2 saturated heterocycles. The first-order valence-electron chi connectivity index (χ1n) is 7.67. The number of aliphatic hydroxyl groups excluding tert-OH is 1. The summed E-state index contributed by atoms with van der Waals surface area (Å²) in [5, 5.41) is 10.1. The highest BCUT2D eigenvalue weighted by Gasteiger charge is 2.61. The Bertz CT molecular complexity index is 301. The number of hydrogen-bond acceptors (Lipinski definition) is 4. The number of nitrogens with zero attached hydrogens (tertiary/aromatic N) is 1. The zero-order valence-corrected chi connectivity index (χ0v) is 12.2. The maximum absolute atomic E-state index is 10.1. The summed E-state index contributed by atoms with van der Waals surface area (Å²) >= 11 is 0. The standard InChI is InChI=1S/C15H27NO3/c1-15(2)13-8-16(9-14(13)15)7-11(17)10-19-12-3-5-18-6-4-12/h11-14,17H,3-10H2,1-2H3. The number of hydrogen-bond donors (Lipinski definition) is 1. The van der Waals surface area contributed by atoms with Crippen molar-refractivity contribution in [1.82, 2.24) is 4.90 Å². The SMILES string of the molecule is CC1(C)C2CN(CC(O)COC3CCOCC3)CC21. The zero-order chi connectivity index (χ0) is 13.5. The molecular formula is C15H27NO3. The smallest absolute Gasteiger partial charge is 0.0900 e. The van der Waals surface area contributed by atoms with Gasteiger partial charge in [0.25, 0.3) is 0 Å². The van der Waals surface area contributed by atoms with E-state index in [-0.39, 0.29) is 12.2 Å². The average Bonchev–Trinajstić information content (AvgIpc) is 2.79. The molecule has 3 aliphatic rings.